The van der Waals surface area contributed by atoms with Crippen LogP contribution < -0.4 is 10.6 Å². The van der Waals surface area contributed by atoms with Crippen LogP contribution in [0, 0.1) is 0 Å². The Morgan fingerprint density at radius 3 is 2.46 bits per heavy atom. The highest BCUT2D eigenvalue weighted by molar-refractivity contribution is 14.0. The quantitative estimate of drug-likeness (QED) is 0.324. The molecule has 1 heterocycles. The van der Waals surface area contributed by atoms with Crippen LogP contribution in [0.1, 0.15) is 69.5 Å². The number of benzene rings is 1. The standard InChI is InChI=1S/C20H30N4O.HI/c1-5-16(6-2)19-13-18(25-24-19)14-22-20(21-7-3)23-15(4)17-11-9-8-10-12-17;/h8-13,15-16H,5-7,14H2,1-4H3,(H2,21,22,23);1H. The predicted octanol–water partition coefficient (Wildman–Crippen LogP) is 5.01. The lowest BCUT2D eigenvalue weighted by Crippen LogP contribution is -2.38. The van der Waals surface area contributed by atoms with E-state index < -0.39 is 0 Å². The Bertz CT molecular complexity index is 653. The fourth-order valence-electron chi connectivity index (χ4n) is 2.81. The highest BCUT2D eigenvalue weighted by Gasteiger charge is 2.13. The summed E-state index contributed by atoms with van der Waals surface area (Å²) in [5.74, 6) is 2.04. The zero-order chi connectivity index (χ0) is 18.1. The van der Waals surface area contributed by atoms with Crippen molar-refractivity contribution in [3.63, 3.8) is 0 Å². The number of rotatable bonds is 8. The highest BCUT2D eigenvalue weighted by atomic mass is 127. The van der Waals surface area contributed by atoms with E-state index in [1.165, 1.54) is 5.56 Å². The van der Waals surface area contributed by atoms with Gasteiger partial charge in [0.05, 0.1) is 11.7 Å². The zero-order valence-corrected chi connectivity index (χ0v) is 18.5. The fourth-order valence-corrected chi connectivity index (χ4v) is 2.81. The summed E-state index contributed by atoms with van der Waals surface area (Å²) in [7, 11) is 0. The van der Waals surface area contributed by atoms with Gasteiger partial charge in [-0.2, -0.15) is 0 Å². The van der Waals surface area contributed by atoms with Crippen LogP contribution in [0.25, 0.3) is 0 Å². The van der Waals surface area contributed by atoms with Gasteiger partial charge in [0.1, 0.15) is 6.54 Å². The molecule has 0 amide bonds. The van der Waals surface area contributed by atoms with Crippen molar-refractivity contribution in [2.45, 2.75) is 59.0 Å². The SMILES string of the molecule is CCNC(=NCc1cc(C(CC)CC)no1)NC(C)c1ccccc1.I. The van der Waals surface area contributed by atoms with Gasteiger partial charge >= 0.3 is 0 Å². The first kappa shape index (κ1) is 22.5. The topological polar surface area (TPSA) is 62.5 Å². The second-order valence-corrected chi connectivity index (χ2v) is 6.20. The van der Waals surface area contributed by atoms with Crippen LogP contribution in [0.2, 0.25) is 0 Å². The second-order valence-electron chi connectivity index (χ2n) is 6.20. The monoisotopic (exact) mass is 470 g/mol. The molecule has 0 spiro atoms. The van der Waals surface area contributed by atoms with E-state index in [2.05, 4.69) is 60.6 Å². The maximum atomic E-state index is 5.45. The van der Waals surface area contributed by atoms with E-state index in [1.807, 2.05) is 24.3 Å². The minimum atomic E-state index is 0. The van der Waals surface area contributed by atoms with E-state index in [4.69, 9.17) is 4.52 Å². The van der Waals surface area contributed by atoms with Crippen LogP contribution in [0.4, 0.5) is 0 Å². The molecule has 2 N–H and O–H groups in total. The average Bonchev–Trinajstić information content (AvgIpc) is 3.10. The molecule has 26 heavy (non-hydrogen) atoms. The molecule has 1 unspecified atom stereocenters. The van der Waals surface area contributed by atoms with Crippen molar-refractivity contribution in [1.82, 2.24) is 15.8 Å². The molecule has 0 saturated heterocycles. The number of nitrogens with one attached hydrogen (secondary N) is 2. The Kier molecular flexibility index (Phi) is 10.3. The van der Waals surface area contributed by atoms with Crippen molar-refractivity contribution < 1.29 is 4.52 Å². The van der Waals surface area contributed by atoms with Crippen molar-refractivity contribution in [3.8, 4) is 0 Å². The van der Waals surface area contributed by atoms with Gasteiger partial charge in [0, 0.05) is 18.5 Å². The molecule has 144 valence electrons. The molecular formula is C20H31IN4O. The molecule has 0 aliphatic carbocycles. The van der Waals surface area contributed by atoms with Gasteiger partial charge in [-0.05, 0) is 32.3 Å². The first-order valence-electron chi connectivity index (χ1n) is 9.23. The lowest BCUT2D eigenvalue weighted by atomic mass is 9.99. The maximum Gasteiger partial charge on any atom is 0.192 e. The summed E-state index contributed by atoms with van der Waals surface area (Å²) in [6.45, 7) is 9.83. The molecule has 1 aromatic heterocycles. The summed E-state index contributed by atoms with van der Waals surface area (Å²) in [4.78, 5) is 4.63. The van der Waals surface area contributed by atoms with Crippen molar-refractivity contribution in [2.75, 3.05) is 6.54 Å². The first-order chi connectivity index (χ1) is 12.2. The Balaban J connectivity index is 0.00000338. The molecule has 0 radical (unpaired) electrons. The molecule has 0 aliphatic rings. The van der Waals surface area contributed by atoms with Crippen LogP contribution in [0.3, 0.4) is 0 Å². The van der Waals surface area contributed by atoms with E-state index in [0.717, 1.165) is 36.8 Å². The van der Waals surface area contributed by atoms with Crippen molar-refractivity contribution in [2.24, 2.45) is 4.99 Å². The molecule has 5 nitrogen and oxygen atoms in total. The lowest BCUT2D eigenvalue weighted by Gasteiger charge is -2.18. The Hall–Kier alpha value is -1.57. The van der Waals surface area contributed by atoms with E-state index >= 15 is 0 Å². The molecular weight excluding hydrogens is 439 g/mol. The van der Waals surface area contributed by atoms with Crippen molar-refractivity contribution >= 4 is 29.9 Å². The molecule has 0 bridgehead atoms. The van der Waals surface area contributed by atoms with Crippen LogP contribution >= 0.6 is 24.0 Å². The summed E-state index contributed by atoms with van der Waals surface area (Å²) < 4.78 is 5.45. The number of guanidine groups is 1. The maximum absolute atomic E-state index is 5.45. The lowest BCUT2D eigenvalue weighted by molar-refractivity contribution is 0.372. The summed E-state index contributed by atoms with van der Waals surface area (Å²) in [5.41, 5.74) is 2.26. The van der Waals surface area contributed by atoms with Gasteiger partial charge in [-0.25, -0.2) is 4.99 Å². The number of aliphatic imine (C=N–C) groups is 1. The summed E-state index contributed by atoms with van der Waals surface area (Å²) >= 11 is 0. The third kappa shape index (κ3) is 6.63. The van der Waals surface area contributed by atoms with E-state index in [1.54, 1.807) is 0 Å². The summed E-state index contributed by atoms with van der Waals surface area (Å²) in [6.07, 6.45) is 2.15. The number of hydrogen-bond acceptors (Lipinski definition) is 3. The minimum absolute atomic E-state index is 0. The molecule has 2 aromatic rings. The van der Waals surface area contributed by atoms with Crippen molar-refractivity contribution in [1.29, 1.82) is 0 Å². The number of hydrogen-bond donors (Lipinski definition) is 2. The molecule has 0 aliphatic heterocycles. The first-order valence-corrected chi connectivity index (χ1v) is 9.23. The smallest absolute Gasteiger partial charge is 0.192 e. The highest BCUT2D eigenvalue weighted by Crippen LogP contribution is 2.22. The third-order valence-corrected chi connectivity index (χ3v) is 4.37. The molecule has 1 aromatic carbocycles. The van der Waals surface area contributed by atoms with Gasteiger partial charge in [0.2, 0.25) is 0 Å². The van der Waals surface area contributed by atoms with Crippen LogP contribution in [0.5, 0.6) is 0 Å². The number of halogens is 1. The van der Waals surface area contributed by atoms with Gasteiger partial charge in [-0.15, -0.1) is 24.0 Å². The van der Waals surface area contributed by atoms with Gasteiger partial charge in [-0.1, -0.05) is 49.3 Å². The zero-order valence-electron chi connectivity index (χ0n) is 16.2. The molecule has 1 atom stereocenters. The largest absolute Gasteiger partial charge is 0.359 e. The van der Waals surface area contributed by atoms with Gasteiger partial charge in [0.25, 0.3) is 0 Å². The Labute approximate surface area is 174 Å². The van der Waals surface area contributed by atoms with Gasteiger partial charge < -0.3 is 15.2 Å². The molecule has 0 fully saturated rings. The number of aromatic nitrogens is 1. The van der Waals surface area contributed by atoms with Gasteiger partial charge in [-0.3, -0.25) is 0 Å². The average molecular weight is 470 g/mol. The van der Waals surface area contributed by atoms with Crippen LogP contribution in [0.15, 0.2) is 45.9 Å². The Morgan fingerprint density at radius 1 is 1.15 bits per heavy atom. The normalized spacial score (nSPS) is 12.6. The summed E-state index contributed by atoms with van der Waals surface area (Å²) in [6, 6.07) is 12.5. The molecule has 0 saturated carbocycles. The third-order valence-electron chi connectivity index (χ3n) is 4.37. The summed E-state index contributed by atoms with van der Waals surface area (Å²) in [5, 5.41) is 10.9. The van der Waals surface area contributed by atoms with Crippen LogP contribution in [-0.4, -0.2) is 17.7 Å². The van der Waals surface area contributed by atoms with Gasteiger partial charge in [0.15, 0.2) is 11.7 Å². The van der Waals surface area contributed by atoms with E-state index in [9.17, 15) is 0 Å². The van der Waals surface area contributed by atoms with E-state index in [0.29, 0.717) is 12.5 Å². The van der Waals surface area contributed by atoms with Crippen molar-refractivity contribution in [3.05, 3.63) is 53.4 Å². The van der Waals surface area contributed by atoms with Crippen LogP contribution in [-0.2, 0) is 6.54 Å². The fraction of sp³-hybridized carbons (Fsp3) is 0.500. The predicted molar refractivity (Wildman–Crippen MR) is 118 cm³/mol. The molecule has 2 rings (SSSR count). The Morgan fingerprint density at radius 2 is 1.85 bits per heavy atom. The minimum Gasteiger partial charge on any atom is -0.359 e. The molecule has 6 heteroatoms. The number of nitrogens with zero attached hydrogens (tertiary/aromatic N) is 2. The van der Waals surface area contributed by atoms with E-state index in [-0.39, 0.29) is 30.0 Å². The second kappa shape index (κ2) is 11.9.